The Morgan fingerprint density at radius 2 is 2.16 bits per heavy atom. The van der Waals surface area contributed by atoms with Crippen LogP contribution in [0.3, 0.4) is 0 Å². The van der Waals surface area contributed by atoms with Gasteiger partial charge < -0.3 is 5.32 Å². The molecule has 0 amide bonds. The van der Waals surface area contributed by atoms with E-state index in [2.05, 4.69) is 5.32 Å². The number of fused-ring (bicyclic) bond motifs is 1. The maximum absolute atomic E-state index is 13.6. The smallest absolute Gasteiger partial charge is 0.235 e. The van der Waals surface area contributed by atoms with Crippen LogP contribution in [-0.4, -0.2) is 17.0 Å². The largest absolute Gasteiger partial charge is 0.312 e. The molecule has 19 heavy (non-hydrogen) atoms. The number of halogens is 1. The van der Waals surface area contributed by atoms with Crippen molar-refractivity contribution in [3.63, 3.8) is 0 Å². The molecule has 2 aromatic rings. The van der Waals surface area contributed by atoms with E-state index in [0.717, 1.165) is 30.8 Å². The molecule has 3 nitrogen and oxygen atoms in total. The van der Waals surface area contributed by atoms with Gasteiger partial charge in [0.05, 0.1) is 6.42 Å². The van der Waals surface area contributed by atoms with Gasteiger partial charge in [0.15, 0.2) is 0 Å². The zero-order valence-corrected chi connectivity index (χ0v) is 10.5. The van der Waals surface area contributed by atoms with Crippen molar-refractivity contribution in [2.24, 2.45) is 0 Å². The van der Waals surface area contributed by atoms with Gasteiger partial charge in [0, 0.05) is 31.4 Å². The number of rotatable bonds is 2. The van der Waals surface area contributed by atoms with Crippen molar-refractivity contribution in [3.8, 4) is 0 Å². The highest BCUT2D eigenvalue weighted by Gasteiger charge is 2.18. The third-order valence-electron chi connectivity index (χ3n) is 3.51. The maximum Gasteiger partial charge on any atom is 0.235 e. The molecule has 3 rings (SSSR count). The molecule has 0 aliphatic carbocycles. The van der Waals surface area contributed by atoms with Crippen molar-refractivity contribution in [2.75, 3.05) is 6.54 Å². The van der Waals surface area contributed by atoms with Gasteiger partial charge >= 0.3 is 0 Å². The summed E-state index contributed by atoms with van der Waals surface area (Å²) in [7, 11) is 0. The van der Waals surface area contributed by atoms with Gasteiger partial charge in [-0.15, -0.1) is 0 Å². The van der Waals surface area contributed by atoms with E-state index in [-0.39, 0.29) is 18.1 Å². The summed E-state index contributed by atoms with van der Waals surface area (Å²) in [6.45, 7) is 1.68. The van der Waals surface area contributed by atoms with Crippen molar-refractivity contribution in [1.82, 2.24) is 9.88 Å². The van der Waals surface area contributed by atoms with Gasteiger partial charge in [0.2, 0.25) is 5.91 Å². The maximum atomic E-state index is 13.6. The first-order valence-electron chi connectivity index (χ1n) is 6.42. The summed E-state index contributed by atoms with van der Waals surface area (Å²) in [6, 6.07) is 8.39. The van der Waals surface area contributed by atoms with Gasteiger partial charge in [-0.3, -0.25) is 9.36 Å². The Hall–Kier alpha value is -1.94. The third-order valence-corrected chi connectivity index (χ3v) is 3.51. The van der Waals surface area contributed by atoms with Crippen LogP contribution < -0.4 is 5.32 Å². The number of nitrogens with one attached hydrogen (secondary N) is 1. The van der Waals surface area contributed by atoms with Crippen LogP contribution in [-0.2, 0) is 19.4 Å². The van der Waals surface area contributed by atoms with E-state index in [9.17, 15) is 9.18 Å². The lowest BCUT2D eigenvalue weighted by Gasteiger charge is -2.16. The van der Waals surface area contributed by atoms with Gasteiger partial charge in [-0.1, -0.05) is 18.2 Å². The fourth-order valence-electron chi connectivity index (χ4n) is 2.50. The molecule has 0 bridgehead atoms. The molecule has 1 aliphatic heterocycles. The van der Waals surface area contributed by atoms with Crippen molar-refractivity contribution < 1.29 is 9.18 Å². The Morgan fingerprint density at radius 1 is 1.32 bits per heavy atom. The van der Waals surface area contributed by atoms with Crippen LogP contribution in [0.4, 0.5) is 4.39 Å². The average molecular weight is 258 g/mol. The van der Waals surface area contributed by atoms with Crippen LogP contribution in [0.1, 0.15) is 21.6 Å². The van der Waals surface area contributed by atoms with E-state index in [0.29, 0.717) is 5.56 Å². The molecule has 0 spiro atoms. The van der Waals surface area contributed by atoms with Gasteiger partial charge in [-0.05, 0) is 23.3 Å². The highest BCUT2D eigenvalue weighted by Crippen LogP contribution is 2.17. The second-order valence-electron chi connectivity index (χ2n) is 4.75. The molecule has 1 N–H and O–H groups in total. The summed E-state index contributed by atoms with van der Waals surface area (Å²) < 4.78 is 15.2. The Morgan fingerprint density at radius 3 is 3.00 bits per heavy atom. The number of carbonyl (C=O) groups excluding carboxylic acids is 1. The second-order valence-corrected chi connectivity index (χ2v) is 4.75. The van der Waals surface area contributed by atoms with Crippen LogP contribution in [0.25, 0.3) is 0 Å². The zero-order chi connectivity index (χ0) is 13.2. The van der Waals surface area contributed by atoms with E-state index < -0.39 is 0 Å². The number of hydrogen-bond acceptors (Lipinski definition) is 2. The van der Waals surface area contributed by atoms with Crippen LogP contribution >= 0.6 is 0 Å². The van der Waals surface area contributed by atoms with Crippen molar-refractivity contribution in [2.45, 2.75) is 19.4 Å². The fraction of sp³-hybridized carbons (Fsp3) is 0.267. The lowest BCUT2D eigenvalue weighted by Crippen LogP contribution is -2.26. The van der Waals surface area contributed by atoms with E-state index >= 15 is 0 Å². The summed E-state index contributed by atoms with van der Waals surface area (Å²) in [4.78, 5) is 12.3. The summed E-state index contributed by atoms with van der Waals surface area (Å²) in [6.07, 6.45) is 2.73. The van der Waals surface area contributed by atoms with Crippen molar-refractivity contribution in [3.05, 3.63) is 59.2 Å². The number of aromatic nitrogens is 1. The van der Waals surface area contributed by atoms with Crippen LogP contribution in [0.5, 0.6) is 0 Å². The van der Waals surface area contributed by atoms with Gasteiger partial charge in [-0.2, -0.15) is 0 Å². The first kappa shape index (κ1) is 12.1. The highest BCUT2D eigenvalue weighted by atomic mass is 19.1. The van der Waals surface area contributed by atoms with E-state index in [1.807, 2.05) is 6.07 Å². The fourth-order valence-corrected chi connectivity index (χ4v) is 2.50. The molecule has 0 saturated heterocycles. The summed E-state index contributed by atoms with van der Waals surface area (Å²) in [5.41, 5.74) is 2.66. The molecule has 0 atom stereocenters. The number of carbonyl (C=O) groups is 1. The minimum atomic E-state index is -0.321. The molecule has 98 valence electrons. The minimum absolute atomic E-state index is 0.0757. The number of hydrogen-bond donors (Lipinski definition) is 1. The molecule has 2 heterocycles. The molecule has 1 aliphatic rings. The van der Waals surface area contributed by atoms with Crippen LogP contribution in [0.2, 0.25) is 0 Å². The van der Waals surface area contributed by atoms with Crippen molar-refractivity contribution >= 4 is 5.91 Å². The van der Waals surface area contributed by atoms with E-state index in [4.69, 9.17) is 0 Å². The van der Waals surface area contributed by atoms with Gasteiger partial charge in [-0.25, -0.2) is 4.39 Å². The SMILES string of the molecule is O=C(Cc1ccccc1F)n1ccc2c1CCNC2. The average Bonchev–Trinajstić information content (AvgIpc) is 2.85. The lowest BCUT2D eigenvalue weighted by atomic mass is 10.1. The van der Waals surface area contributed by atoms with Crippen LogP contribution in [0, 0.1) is 5.82 Å². The van der Waals surface area contributed by atoms with Gasteiger partial charge in [0.25, 0.3) is 0 Å². The third kappa shape index (κ3) is 2.31. The van der Waals surface area contributed by atoms with Gasteiger partial charge in [0.1, 0.15) is 5.82 Å². The monoisotopic (exact) mass is 258 g/mol. The Balaban J connectivity index is 1.85. The standard InChI is InChI=1S/C15H15FN2O/c16-13-4-2-1-3-11(13)9-15(19)18-8-6-12-10-17-7-5-14(12)18/h1-4,6,8,17H,5,7,9-10H2. The Bertz CT molecular complexity index is 618. The predicted octanol–water partition coefficient (Wildman–Crippen LogP) is 2.16. The highest BCUT2D eigenvalue weighted by molar-refractivity contribution is 5.82. The molecule has 0 unspecified atom stereocenters. The topological polar surface area (TPSA) is 34.0 Å². The quantitative estimate of drug-likeness (QED) is 0.895. The summed E-state index contributed by atoms with van der Waals surface area (Å²) >= 11 is 0. The first-order valence-corrected chi connectivity index (χ1v) is 6.42. The molecular weight excluding hydrogens is 243 g/mol. The summed E-state index contributed by atoms with van der Waals surface area (Å²) in [5, 5.41) is 3.27. The summed E-state index contributed by atoms with van der Waals surface area (Å²) in [5.74, 6) is -0.396. The molecule has 0 radical (unpaired) electrons. The molecule has 0 fully saturated rings. The van der Waals surface area contributed by atoms with E-state index in [1.165, 1.54) is 6.07 Å². The molecule has 0 saturated carbocycles. The first-order chi connectivity index (χ1) is 9.25. The van der Waals surface area contributed by atoms with Crippen molar-refractivity contribution in [1.29, 1.82) is 0 Å². The number of benzene rings is 1. The van der Waals surface area contributed by atoms with Crippen LogP contribution in [0.15, 0.2) is 36.5 Å². The lowest BCUT2D eigenvalue weighted by molar-refractivity contribution is 0.0909. The predicted molar refractivity (Wildman–Crippen MR) is 70.6 cm³/mol. The second kappa shape index (κ2) is 4.97. The normalized spacial score (nSPS) is 14.2. The molecule has 1 aromatic carbocycles. The number of nitrogens with zero attached hydrogens (tertiary/aromatic N) is 1. The zero-order valence-electron chi connectivity index (χ0n) is 10.5. The molecule has 4 heteroatoms. The molecular formula is C15H15FN2O. The molecule has 1 aromatic heterocycles. The minimum Gasteiger partial charge on any atom is -0.312 e. The Kier molecular flexibility index (Phi) is 3.17. The van der Waals surface area contributed by atoms with E-state index in [1.54, 1.807) is 29.0 Å². The Labute approximate surface area is 111 Å².